The van der Waals surface area contributed by atoms with Crippen LogP contribution >= 0.6 is 0 Å². The van der Waals surface area contributed by atoms with E-state index in [-0.39, 0.29) is 6.61 Å². The van der Waals surface area contributed by atoms with Gasteiger partial charge in [0.1, 0.15) is 6.10 Å². The topological polar surface area (TPSA) is 89.8 Å². The number of carbonyl (C=O) groups is 1. The monoisotopic (exact) mass is 816 g/mol. The molecule has 0 bridgehead atoms. The first-order chi connectivity index (χ1) is 28.6. The molecule has 0 heterocycles. The molecular weight excluding hydrogens is 715 g/mol. The van der Waals surface area contributed by atoms with Gasteiger partial charge in [0.05, 0.1) is 18.8 Å². The molecule has 58 heavy (non-hydrogen) atoms. The lowest BCUT2D eigenvalue weighted by molar-refractivity contribution is -0.131. The molecule has 0 aromatic rings. The lowest BCUT2D eigenvalue weighted by Gasteiger charge is -2.21. The summed E-state index contributed by atoms with van der Waals surface area (Å²) in [5.74, 6) is -0.501. The molecule has 0 fully saturated rings. The van der Waals surface area contributed by atoms with Crippen LogP contribution in [0.25, 0.3) is 0 Å². The second kappa shape index (κ2) is 48.2. The molecule has 0 aromatic heterocycles. The third-order valence-electron chi connectivity index (χ3n) is 12.0. The normalized spacial score (nSPS) is 13.7. The third kappa shape index (κ3) is 42.7. The van der Waals surface area contributed by atoms with Gasteiger partial charge in [0.25, 0.3) is 0 Å². The Hall–Kier alpha value is -1.43. The van der Waals surface area contributed by atoms with Crippen LogP contribution < -0.4 is 5.32 Å². The first kappa shape index (κ1) is 56.6. The van der Waals surface area contributed by atoms with Crippen LogP contribution in [0.3, 0.4) is 0 Å². The highest BCUT2D eigenvalue weighted by Gasteiger charge is 2.22. The molecule has 0 aliphatic carbocycles. The predicted molar refractivity (Wildman–Crippen MR) is 254 cm³/mol. The van der Waals surface area contributed by atoms with Crippen LogP contribution in [0.4, 0.5) is 0 Å². The van der Waals surface area contributed by atoms with Crippen molar-refractivity contribution in [2.75, 3.05) is 6.61 Å². The van der Waals surface area contributed by atoms with Gasteiger partial charge in [-0.3, -0.25) is 4.79 Å². The van der Waals surface area contributed by atoms with Gasteiger partial charge in [-0.15, -0.1) is 0 Å². The van der Waals surface area contributed by atoms with E-state index in [1.165, 1.54) is 205 Å². The zero-order chi connectivity index (χ0) is 42.3. The summed E-state index contributed by atoms with van der Waals surface area (Å²) in [6, 6.07) is -0.798. The molecule has 0 saturated heterocycles. The van der Waals surface area contributed by atoms with Gasteiger partial charge >= 0.3 is 0 Å². The van der Waals surface area contributed by atoms with Crippen LogP contribution in [0.1, 0.15) is 271 Å². The molecule has 3 atom stereocenters. The average molecular weight is 816 g/mol. The van der Waals surface area contributed by atoms with Crippen LogP contribution in [0.2, 0.25) is 0 Å². The fourth-order valence-electron chi connectivity index (χ4n) is 7.99. The van der Waals surface area contributed by atoms with Gasteiger partial charge in [-0.25, -0.2) is 0 Å². The number of aliphatic hydroxyl groups excluding tert-OH is 3. The molecule has 0 aromatic carbocycles. The summed E-state index contributed by atoms with van der Waals surface area (Å²) in [5.41, 5.74) is 0. The summed E-state index contributed by atoms with van der Waals surface area (Å²) >= 11 is 0. The van der Waals surface area contributed by atoms with Crippen molar-refractivity contribution in [3.8, 4) is 0 Å². The number of unbranched alkanes of at least 4 members (excludes halogenated alkanes) is 35. The summed E-state index contributed by atoms with van der Waals surface area (Å²) in [7, 11) is 0. The fourth-order valence-corrected chi connectivity index (χ4v) is 7.99. The van der Waals surface area contributed by atoms with Crippen LogP contribution in [0, 0.1) is 0 Å². The van der Waals surface area contributed by atoms with Crippen LogP contribution in [-0.4, -0.2) is 46.1 Å². The molecular formula is C53H101NO4. The zero-order valence-corrected chi connectivity index (χ0v) is 38.9. The third-order valence-corrected chi connectivity index (χ3v) is 12.0. The quantitative estimate of drug-likeness (QED) is 0.0364. The summed E-state index contributed by atoms with van der Waals surface area (Å²) in [5, 5.41) is 33.3. The molecule has 0 aliphatic heterocycles. The van der Waals surface area contributed by atoms with Crippen LogP contribution in [0.15, 0.2) is 36.5 Å². The largest absolute Gasteiger partial charge is 0.394 e. The summed E-state index contributed by atoms with van der Waals surface area (Å²) < 4.78 is 0. The molecule has 5 heteroatoms. The van der Waals surface area contributed by atoms with Crippen molar-refractivity contribution in [2.45, 2.75) is 289 Å². The van der Waals surface area contributed by atoms with E-state index in [4.69, 9.17) is 0 Å². The van der Waals surface area contributed by atoms with E-state index in [1.54, 1.807) is 6.08 Å². The molecule has 3 unspecified atom stereocenters. The smallest absolute Gasteiger partial charge is 0.249 e. The van der Waals surface area contributed by atoms with Gasteiger partial charge < -0.3 is 20.6 Å². The Morgan fingerprint density at radius 2 is 0.793 bits per heavy atom. The zero-order valence-electron chi connectivity index (χ0n) is 38.9. The van der Waals surface area contributed by atoms with E-state index >= 15 is 0 Å². The number of rotatable bonds is 47. The number of allylic oxidation sites excluding steroid dienone is 5. The van der Waals surface area contributed by atoms with E-state index in [9.17, 15) is 20.1 Å². The minimum Gasteiger partial charge on any atom is -0.394 e. The van der Waals surface area contributed by atoms with Crippen LogP contribution in [-0.2, 0) is 4.79 Å². The number of hydrogen-bond donors (Lipinski definition) is 4. The maximum absolute atomic E-state index is 12.5. The average Bonchev–Trinajstić information content (AvgIpc) is 3.23. The van der Waals surface area contributed by atoms with Crippen molar-refractivity contribution in [3.63, 3.8) is 0 Å². The number of aliphatic hydroxyl groups is 3. The van der Waals surface area contributed by atoms with Crippen LogP contribution in [0.5, 0.6) is 0 Å². The Morgan fingerprint density at radius 1 is 0.448 bits per heavy atom. The predicted octanol–water partition coefficient (Wildman–Crippen LogP) is 15.5. The second-order valence-corrected chi connectivity index (χ2v) is 17.7. The van der Waals surface area contributed by atoms with Gasteiger partial charge in [0.15, 0.2) is 0 Å². The van der Waals surface area contributed by atoms with E-state index in [0.29, 0.717) is 6.42 Å². The minimum atomic E-state index is -1.10. The van der Waals surface area contributed by atoms with E-state index in [0.717, 1.165) is 44.9 Å². The highest BCUT2D eigenvalue weighted by molar-refractivity contribution is 5.80. The number of carbonyl (C=O) groups excluding carboxylic acids is 1. The Morgan fingerprint density at radius 3 is 1.17 bits per heavy atom. The lowest BCUT2D eigenvalue weighted by atomic mass is 10.0. The molecule has 0 radical (unpaired) electrons. The maximum Gasteiger partial charge on any atom is 0.249 e. The molecule has 0 aliphatic rings. The van der Waals surface area contributed by atoms with E-state index < -0.39 is 24.2 Å². The van der Waals surface area contributed by atoms with Gasteiger partial charge in [-0.05, 0) is 44.9 Å². The first-order valence-electron chi connectivity index (χ1n) is 25.8. The van der Waals surface area contributed by atoms with Crippen molar-refractivity contribution < 1.29 is 20.1 Å². The van der Waals surface area contributed by atoms with E-state index in [1.807, 2.05) is 6.08 Å². The molecule has 4 N–H and O–H groups in total. The molecule has 342 valence electrons. The lowest BCUT2D eigenvalue weighted by Crippen LogP contribution is -2.48. The van der Waals surface area contributed by atoms with Gasteiger partial charge in [0.2, 0.25) is 5.91 Å². The number of nitrogens with one attached hydrogen (secondary N) is 1. The Bertz CT molecular complexity index is 901. The Kier molecular flexibility index (Phi) is 47.0. The number of amides is 1. The minimum absolute atomic E-state index is 0.362. The maximum atomic E-state index is 12.5. The van der Waals surface area contributed by atoms with Crippen molar-refractivity contribution in [3.05, 3.63) is 36.5 Å². The molecule has 0 rings (SSSR count). The molecule has 1 amide bonds. The Balaban J connectivity index is 3.59. The molecule has 0 saturated carbocycles. The summed E-state index contributed by atoms with van der Waals surface area (Å²) in [6.07, 6.45) is 62.0. The molecule has 5 nitrogen and oxygen atoms in total. The van der Waals surface area contributed by atoms with Crippen molar-refractivity contribution in [1.82, 2.24) is 5.32 Å². The van der Waals surface area contributed by atoms with Crippen molar-refractivity contribution >= 4 is 5.91 Å². The Labute approximate surface area is 362 Å². The second-order valence-electron chi connectivity index (χ2n) is 17.7. The highest BCUT2D eigenvalue weighted by atomic mass is 16.3. The van der Waals surface area contributed by atoms with Gasteiger partial charge in [-0.1, -0.05) is 262 Å². The molecule has 0 spiro atoms. The highest BCUT2D eigenvalue weighted by Crippen LogP contribution is 2.17. The van der Waals surface area contributed by atoms with Crippen molar-refractivity contribution in [1.29, 1.82) is 0 Å². The summed E-state index contributed by atoms with van der Waals surface area (Å²) in [4.78, 5) is 12.5. The fraction of sp³-hybridized carbons (Fsp3) is 0.868. The van der Waals surface area contributed by atoms with Gasteiger partial charge in [0, 0.05) is 0 Å². The first-order valence-corrected chi connectivity index (χ1v) is 25.8. The SMILES string of the molecule is CC/C=C\C/C=C\CCCCCCCCCCCCCCCC(O)C(=O)NC(CO)C(O)/C=C/CCCCCCCCCCCCCCCCCCCCCCCC. The number of hydrogen-bond acceptors (Lipinski definition) is 4. The van der Waals surface area contributed by atoms with Crippen molar-refractivity contribution in [2.24, 2.45) is 0 Å². The van der Waals surface area contributed by atoms with Gasteiger partial charge in [-0.2, -0.15) is 0 Å². The van der Waals surface area contributed by atoms with E-state index in [2.05, 4.69) is 43.5 Å². The summed E-state index contributed by atoms with van der Waals surface area (Å²) in [6.45, 7) is 4.10. The standard InChI is InChI=1S/C53H101NO4/c1-3-5-7-9-11-13-15-17-19-21-23-25-26-27-28-30-31-33-35-37-39-41-43-45-47-51(56)50(49-55)54-53(58)52(57)48-46-44-42-40-38-36-34-32-29-24-22-20-18-16-14-12-10-8-6-4-2/h6,8,12,14,45,47,50-52,55-57H,3-5,7,9-11,13,15-44,46,48-49H2,1-2H3,(H,54,58)/b8-6-,14-12-,47-45+.